The third kappa shape index (κ3) is 3.10. The van der Waals surface area contributed by atoms with Crippen molar-refractivity contribution in [2.45, 2.75) is 6.92 Å². The minimum Gasteiger partial charge on any atom is -0.418 e. The molecule has 0 saturated heterocycles. The standard InChI is InChI=1S/C20H16N4O3/c1-12-15(22-17(25)14-9-6-10-24(2)20(14)26)11-16-19(21-12)27-18(23-16)13-7-4-3-5-8-13/h3-11H,1-2H3,(H,22,25). The summed E-state index contributed by atoms with van der Waals surface area (Å²) >= 11 is 0. The first-order chi connectivity index (χ1) is 13.0. The van der Waals surface area contributed by atoms with Gasteiger partial charge in [-0.1, -0.05) is 18.2 Å². The lowest BCUT2D eigenvalue weighted by molar-refractivity contribution is 0.102. The lowest BCUT2D eigenvalue weighted by Gasteiger charge is -2.07. The van der Waals surface area contributed by atoms with Gasteiger partial charge in [0.05, 0.1) is 11.4 Å². The molecule has 3 aromatic heterocycles. The average Bonchev–Trinajstić information content (AvgIpc) is 3.07. The Morgan fingerprint density at radius 1 is 1.11 bits per heavy atom. The Morgan fingerprint density at radius 3 is 2.67 bits per heavy atom. The van der Waals surface area contributed by atoms with Crippen LogP contribution in [-0.4, -0.2) is 20.4 Å². The number of benzene rings is 1. The molecule has 0 aliphatic heterocycles. The van der Waals surface area contributed by atoms with Crippen LogP contribution in [0.2, 0.25) is 0 Å². The Balaban J connectivity index is 1.70. The van der Waals surface area contributed by atoms with Gasteiger partial charge >= 0.3 is 0 Å². The molecule has 4 aromatic rings. The van der Waals surface area contributed by atoms with Gasteiger partial charge in [0.25, 0.3) is 11.5 Å². The van der Waals surface area contributed by atoms with Crippen molar-refractivity contribution < 1.29 is 9.21 Å². The van der Waals surface area contributed by atoms with Crippen LogP contribution in [-0.2, 0) is 7.05 Å². The fraction of sp³-hybridized carbons (Fsp3) is 0.100. The van der Waals surface area contributed by atoms with Gasteiger partial charge < -0.3 is 14.3 Å². The number of fused-ring (bicyclic) bond motifs is 1. The van der Waals surface area contributed by atoms with Gasteiger partial charge in [0.1, 0.15) is 11.1 Å². The van der Waals surface area contributed by atoms with Crippen molar-refractivity contribution in [1.82, 2.24) is 14.5 Å². The summed E-state index contributed by atoms with van der Waals surface area (Å²) in [5.41, 5.74) is 2.49. The zero-order chi connectivity index (χ0) is 19.0. The van der Waals surface area contributed by atoms with E-state index in [1.165, 1.54) is 10.6 Å². The number of nitrogens with zero attached hydrogens (tertiary/aromatic N) is 3. The van der Waals surface area contributed by atoms with Crippen molar-refractivity contribution >= 4 is 22.8 Å². The number of hydrogen-bond acceptors (Lipinski definition) is 5. The van der Waals surface area contributed by atoms with Gasteiger partial charge in [-0.15, -0.1) is 0 Å². The summed E-state index contributed by atoms with van der Waals surface area (Å²) in [6, 6.07) is 14.3. The maximum absolute atomic E-state index is 12.5. The Kier molecular flexibility index (Phi) is 4.04. The number of carbonyl (C=O) groups excluding carboxylic acids is 1. The van der Waals surface area contributed by atoms with Crippen molar-refractivity contribution in [1.29, 1.82) is 0 Å². The summed E-state index contributed by atoms with van der Waals surface area (Å²) in [4.78, 5) is 33.5. The van der Waals surface area contributed by atoms with Gasteiger partial charge in [-0.25, -0.2) is 9.97 Å². The largest absolute Gasteiger partial charge is 0.418 e. The fourth-order valence-corrected chi connectivity index (χ4v) is 2.74. The molecule has 4 rings (SSSR count). The van der Waals surface area contributed by atoms with Crippen LogP contribution in [0.4, 0.5) is 5.69 Å². The molecule has 0 radical (unpaired) electrons. The maximum atomic E-state index is 12.5. The number of pyridine rings is 2. The van der Waals surface area contributed by atoms with Crippen LogP contribution in [0, 0.1) is 6.92 Å². The zero-order valence-electron chi connectivity index (χ0n) is 14.8. The number of carbonyl (C=O) groups is 1. The molecule has 0 atom stereocenters. The minimum absolute atomic E-state index is 0.0598. The molecule has 0 bridgehead atoms. The first kappa shape index (κ1) is 16.7. The van der Waals surface area contributed by atoms with E-state index >= 15 is 0 Å². The molecule has 0 spiro atoms. The van der Waals surface area contributed by atoms with Crippen LogP contribution >= 0.6 is 0 Å². The number of rotatable bonds is 3. The van der Waals surface area contributed by atoms with Crippen LogP contribution in [0.15, 0.2) is 63.9 Å². The Morgan fingerprint density at radius 2 is 1.89 bits per heavy atom. The third-order valence-corrected chi connectivity index (χ3v) is 4.21. The second-order valence-electron chi connectivity index (χ2n) is 6.12. The molecular weight excluding hydrogens is 344 g/mol. The highest BCUT2D eigenvalue weighted by molar-refractivity contribution is 6.04. The van der Waals surface area contributed by atoms with Gasteiger partial charge in [-0.3, -0.25) is 9.59 Å². The second kappa shape index (κ2) is 6.53. The molecule has 134 valence electrons. The van der Waals surface area contributed by atoms with Crippen LogP contribution in [0.5, 0.6) is 0 Å². The Hall–Kier alpha value is -3.74. The SMILES string of the molecule is Cc1nc2oc(-c3ccccc3)nc2cc1NC(=O)c1cccn(C)c1=O. The number of hydrogen-bond donors (Lipinski definition) is 1. The minimum atomic E-state index is -0.493. The lowest BCUT2D eigenvalue weighted by Crippen LogP contribution is -2.27. The highest BCUT2D eigenvalue weighted by atomic mass is 16.4. The molecule has 7 nitrogen and oxygen atoms in total. The van der Waals surface area contributed by atoms with Crippen molar-refractivity contribution in [3.05, 3.63) is 76.3 Å². The Labute approximate surface area is 154 Å². The zero-order valence-corrected chi connectivity index (χ0v) is 14.8. The lowest BCUT2D eigenvalue weighted by atomic mass is 10.2. The van der Waals surface area contributed by atoms with Gasteiger partial charge in [0.2, 0.25) is 11.6 Å². The van der Waals surface area contributed by atoms with Gasteiger partial charge in [-0.05, 0) is 37.3 Å². The maximum Gasteiger partial charge on any atom is 0.263 e. The number of anilines is 1. The number of oxazole rings is 1. The molecular formula is C20H16N4O3. The smallest absolute Gasteiger partial charge is 0.263 e. The second-order valence-corrected chi connectivity index (χ2v) is 6.12. The van der Waals surface area contributed by atoms with Crippen molar-refractivity contribution in [3.63, 3.8) is 0 Å². The number of aryl methyl sites for hydroxylation is 2. The van der Waals surface area contributed by atoms with E-state index in [1.54, 1.807) is 32.3 Å². The fourth-order valence-electron chi connectivity index (χ4n) is 2.74. The highest BCUT2D eigenvalue weighted by Gasteiger charge is 2.16. The highest BCUT2D eigenvalue weighted by Crippen LogP contribution is 2.26. The average molecular weight is 360 g/mol. The molecule has 0 aliphatic rings. The van der Waals surface area contributed by atoms with E-state index < -0.39 is 5.91 Å². The van der Waals surface area contributed by atoms with Gasteiger partial charge in [0, 0.05) is 18.8 Å². The van der Waals surface area contributed by atoms with E-state index in [1.807, 2.05) is 30.3 Å². The third-order valence-electron chi connectivity index (χ3n) is 4.21. The first-order valence-corrected chi connectivity index (χ1v) is 8.33. The molecule has 0 fully saturated rings. The molecule has 1 amide bonds. The molecule has 0 saturated carbocycles. The van der Waals surface area contributed by atoms with E-state index in [0.29, 0.717) is 28.5 Å². The van der Waals surface area contributed by atoms with Gasteiger partial charge in [-0.2, -0.15) is 0 Å². The summed E-state index contributed by atoms with van der Waals surface area (Å²) < 4.78 is 7.08. The van der Waals surface area contributed by atoms with Crippen molar-refractivity contribution in [2.75, 3.05) is 5.32 Å². The molecule has 27 heavy (non-hydrogen) atoms. The number of aromatic nitrogens is 3. The van der Waals surface area contributed by atoms with Crippen LogP contribution in [0.3, 0.4) is 0 Å². The first-order valence-electron chi connectivity index (χ1n) is 8.33. The van der Waals surface area contributed by atoms with E-state index in [0.717, 1.165) is 5.56 Å². The van der Waals surface area contributed by atoms with E-state index in [9.17, 15) is 9.59 Å². The summed E-state index contributed by atoms with van der Waals surface area (Å²) in [6.45, 7) is 1.75. The monoisotopic (exact) mass is 360 g/mol. The molecule has 0 unspecified atom stereocenters. The molecule has 1 N–H and O–H groups in total. The number of nitrogens with one attached hydrogen (secondary N) is 1. The van der Waals surface area contributed by atoms with E-state index in [2.05, 4.69) is 15.3 Å². The predicted octanol–water partition coefficient (Wildman–Crippen LogP) is 3.15. The van der Waals surface area contributed by atoms with Crippen LogP contribution in [0.25, 0.3) is 22.7 Å². The topological polar surface area (TPSA) is 90.0 Å². The predicted molar refractivity (Wildman–Crippen MR) is 102 cm³/mol. The summed E-state index contributed by atoms with van der Waals surface area (Å²) in [6.07, 6.45) is 1.60. The quantitative estimate of drug-likeness (QED) is 0.606. The molecule has 3 heterocycles. The molecule has 0 aliphatic carbocycles. The summed E-state index contributed by atoms with van der Waals surface area (Å²) in [7, 11) is 1.60. The Bertz CT molecular complexity index is 1210. The van der Waals surface area contributed by atoms with Crippen molar-refractivity contribution in [3.8, 4) is 11.5 Å². The molecule has 1 aromatic carbocycles. The van der Waals surface area contributed by atoms with Gasteiger partial charge in [0.15, 0.2) is 0 Å². The summed E-state index contributed by atoms with van der Waals surface area (Å²) in [5.74, 6) is -0.0369. The molecule has 7 heteroatoms. The summed E-state index contributed by atoms with van der Waals surface area (Å²) in [5, 5.41) is 2.74. The van der Waals surface area contributed by atoms with Crippen molar-refractivity contribution in [2.24, 2.45) is 7.05 Å². The van der Waals surface area contributed by atoms with Crippen LogP contribution in [0.1, 0.15) is 16.1 Å². The normalized spacial score (nSPS) is 10.9. The van der Waals surface area contributed by atoms with E-state index in [4.69, 9.17) is 4.42 Å². The number of amides is 1. The van der Waals surface area contributed by atoms with E-state index in [-0.39, 0.29) is 11.1 Å². The van der Waals surface area contributed by atoms with Crippen LogP contribution < -0.4 is 10.9 Å².